The maximum atomic E-state index is 11.8. The summed E-state index contributed by atoms with van der Waals surface area (Å²) >= 11 is 0. The Morgan fingerprint density at radius 3 is 2.24 bits per heavy atom. The molecule has 0 aliphatic rings. The van der Waals surface area contributed by atoms with Gasteiger partial charge in [0.1, 0.15) is 13.1 Å². The molecule has 0 aliphatic heterocycles. The minimum Gasteiger partial charge on any atom is -0.504 e. The second kappa shape index (κ2) is 5.38. The van der Waals surface area contributed by atoms with Crippen LogP contribution in [0.3, 0.4) is 0 Å². The molecule has 0 aromatic heterocycles. The molecule has 0 fully saturated rings. The topological polar surface area (TPSA) is 108 Å². The van der Waals surface area contributed by atoms with Crippen LogP contribution >= 0.6 is 0 Å². The predicted octanol–water partition coefficient (Wildman–Crippen LogP) is 0.587. The molecule has 0 aliphatic carbocycles. The van der Waals surface area contributed by atoms with Gasteiger partial charge >= 0.3 is 0 Å². The van der Waals surface area contributed by atoms with Gasteiger partial charge in [-0.05, 0) is 18.2 Å². The van der Waals surface area contributed by atoms with E-state index in [0.29, 0.717) is 0 Å². The third kappa shape index (κ3) is 2.86. The van der Waals surface area contributed by atoms with Gasteiger partial charge in [-0.1, -0.05) is 0 Å². The fourth-order valence-electron chi connectivity index (χ4n) is 1.21. The Balaban J connectivity index is 2.98. The van der Waals surface area contributed by atoms with Gasteiger partial charge in [-0.15, -0.1) is 0 Å². The van der Waals surface area contributed by atoms with Crippen LogP contribution in [0.25, 0.3) is 0 Å². The molecule has 86 valence electrons. The number of carbonyl (C=O) groups is 1. The molecule has 6 heteroatoms. The fraction of sp³-hybridized carbons (Fsp3) is 0.182. The first-order chi connectivity index (χ1) is 8.10. The molecule has 0 saturated heterocycles. The lowest BCUT2D eigenvalue weighted by molar-refractivity contribution is 0.0794. The highest BCUT2D eigenvalue weighted by atomic mass is 16.3. The molecule has 0 radical (unpaired) electrons. The molecular formula is C11H9N3O3. The number of phenolic OH excluding ortho intramolecular Hbond substituents is 2. The van der Waals surface area contributed by atoms with Crippen molar-refractivity contribution in [2.24, 2.45) is 0 Å². The van der Waals surface area contributed by atoms with Gasteiger partial charge in [-0.3, -0.25) is 4.79 Å². The van der Waals surface area contributed by atoms with Crippen LogP contribution in [0.5, 0.6) is 11.5 Å². The highest BCUT2D eigenvalue weighted by molar-refractivity contribution is 5.95. The molecule has 1 aromatic rings. The lowest BCUT2D eigenvalue weighted by Crippen LogP contribution is -2.31. The Labute approximate surface area is 97.6 Å². The molecule has 1 amide bonds. The molecule has 0 bridgehead atoms. The summed E-state index contributed by atoms with van der Waals surface area (Å²) in [6.45, 7) is -0.429. The second-order valence-corrected chi connectivity index (χ2v) is 3.18. The van der Waals surface area contributed by atoms with Gasteiger partial charge in [0.05, 0.1) is 12.1 Å². The SMILES string of the molecule is N#CCN(CC#N)C(=O)c1ccc(O)c(O)c1. The molecular weight excluding hydrogens is 222 g/mol. The molecule has 0 spiro atoms. The quantitative estimate of drug-likeness (QED) is 0.584. The summed E-state index contributed by atoms with van der Waals surface area (Å²) < 4.78 is 0. The highest BCUT2D eigenvalue weighted by Crippen LogP contribution is 2.25. The van der Waals surface area contributed by atoms with Crippen molar-refractivity contribution in [1.82, 2.24) is 4.90 Å². The van der Waals surface area contributed by atoms with E-state index in [1.807, 2.05) is 0 Å². The summed E-state index contributed by atoms with van der Waals surface area (Å²) in [6.07, 6.45) is 0. The summed E-state index contributed by atoms with van der Waals surface area (Å²) in [5, 5.41) is 35.4. The standard InChI is InChI=1S/C11H9N3O3/c12-3-5-14(6-4-13)11(17)8-1-2-9(15)10(16)7-8/h1-2,7,15-16H,5-6H2. The normalized spacial score (nSPS) is 9.06. The van der Waals surface area contributed by atoms with Crippen molar-refractivity contribution in [3.05, 3.63) is 23.8 Å². The number of hydrogen-bond donors (Lipinski definition) is 2. The van der Waals surface area contributed by atoms with Gasteiger partial charge < -0.3 is 15.1 Å². The van der Waals surface area contributed by atoms with E-state index < -0.39 is 11.7 Å². The van der Waals surface area contributed by atoms with Crippen LogP contribution in [-0.2, 0) is 0 Å². The maximum Gasteiger partial charge on any atom is 0.255 e. The van der Waals surface area contributed by atoms with E-state index in [9.17, 15) is 9.90 Å². The van der Waals surface area contributed by atoms with Crippen molar-refractivity contribution >= 4 is 5.91 Å². The Morgan fingerprint density at radius 2 is 1.76 bits per heavy atom. The number of rotatable bonds is 3. The average Bonchev–Trinajstić information content (AvgIpc) is 2.31. The molecule has 1 aromatic carbocycles. The average molecular weight is 231 g/mol. The molecule has 0 atom stereocenters. The van der Waals surface area contributed by atoms with Gasteiger partial charge in [-0.25, -0.2) is 0 Å². The number of phenols is 2. The van der Waals surface area contributed by atoms with Crippen LogP contribution in [0, 0.1) is 22.7 Å². The smallest absolute Gasteiger partial charge is 0.255 e. The lowest BCUT2D eigenvalue weighted by Gasteiger charge is -2.15. The lowest BCUT2D eigenvalue weighted by atomic mass is 10.1. The minimum atomic E-state index is -0.552. The Hall–Kier alpha value is -2.73. The van der Waals surface area contributed by atoms with Crippen LogP contribution < -0.4 is 0 Å². The van der Waals surface area contributed by atoms with E-state index in [0.717, 1.165) is 11.0 Å². The summed E-state index contributed by atoms with van der Waals surface area (Å²) in [4.78, 5) is 12.9. The van der Waals surface area contributed by atoms with Gasteiger partial charge in [0, 0.05) is 5.56 Å². The summed E-state index contributed by atoms with van der Waals surface area (Å²) in [5.41, 5.74) is 0.103. The number of aromatic hydroxyl groups is 2. The first-order valence-corrected chi connectivity index (χ1v) is 4.65. The van der Waals surface area contributed by atoms with Crippen molar-refractivity contribution in [3.8, 4) is 23.6 Å². The van der Waals surface area contributed by atoms with E-state index in [1.165, 1.54) is 12.1 Å². The summed E-state index contributed by atoms with van der Waals surface area (Å²) in [7, 11) is 0. The largest absolute Gasteiger partial charge is 0.504 e. The zero-order valence-electron chi connectivity index (χ0n) is 8.79. The van der Waals surface area contributed by atoms with Crippen LogP contribution in [0.2, 0.25) is 0 Å². The van der Waals surface area contributed by atoms with E-state index in [-0.39, 0.29) is 24.4 Å². The van der Waals surface area contributed by atoms with Crippen molar-refractivity contribution in [2.75, 3.05) is 13.1 Å². The van der Waals surface area contributed by atoms with Crippen LogP contribution in [0.1, 0.15) is 10.4 Å². The molecule has 17 heavy (non-hydrogen) atoms. The van der Waals surface area contributed by atoms with Gasteiger partial charge in [-0.2, -0.15) is 10.5 Å². The predicted molar refractivity (Wildman–Crippen MR) is 56.9 cm³/mol. The van der Waals surface area contributed by atoms with Gasteiger partial charge in [0.15, 0.2) is 11.5 Å². The molecule has 6 nitrogen and oxygen atoms in total. The number of amides is 1. The number of nitriles is 2. The molecule has 0 saturated carbocycles. The number of benzene rings is 1. The van der Waals surface area contributed by atoms with E-state index >= 15 is 0 Å². The Morgan fingerprint density at radius 1 is 1.18 bits per heavy atom. The maximum absolute atomic E-state index is 11.8. The molecule has 0 unspecified atom stereocenters. The molecule has 2 N–H and O–H groups in total. The van der Waals surface area contributed by atoms with Crippen molar-refractivity contribution < 1.29 is 15.0 Å². The van der Waals surface area contributed by atoms with Crippen molar-refractivity contribution in [1.29, 1.82) is 10.5 Å². The number of carbonyl (C=O) groups excluding carboxylic acids is 1. The van der Waals surface area contributed by atoms with E-state index in [4.69, 9.17) is 15.6 Å². The first kappa shape index (κ1) is 12.3. The van der Waals surface area contributed by atoms with Crippen LogP contribution in [0.15, 0.2) is 18.2 Å². The molecule has 1 rings (SSSR count). The van der Waals surface area contributed by atoms with Crippen molar-refractivity contribution in [3.63, 3.8) is 0 Å². The Kier molecular flexibility index (Phi) is 3.91. The Bertz CT molecular complexity index is 498. The van der Waals surface area contributed by atoms with E-state index in [2.05, 4.69) is 0 Å². The van der Waals surface area contributed by atoms with Gasteiger partial charge in [0.25, 0.3) is 5.91 Å². The van der Waals surface area contributed by atoms with E-state index in [1.54, 1.807) is 12.1 Å². The highest BCUT2D eigenvalue weighted by Gasteiger charge is 2.16. The van der Waals surface area contributed by atoms with Crippen LogP contribution in [0.4, 0.5) is 0 Å². The second-order valence-electron chi connectivity index (χ2n) is 3.18. The first-order valence-electron chi connectivity index (χ1n) is 4.65. The summed E-state index contributed by atoms with van der Waals surface area (Å²) in [6, 6.07) is 7.10. The third-order valence-electron chi connectivity index (χ3n) is 2.03. The fourth-order valence-corrected chi connectivity index (χ4v) is 1.21. The van der Waals surface area contributed by atoms with Crippen molar-refractivity contribution in [2.45, 2.75) is 0 Å². The third-order valence-corrected chi connectivity index (χ3v) is 2.03. The number of hydrogen-bond acceptors (Lipinski definition) is 5. The van der Waals surface area contributed by atoms with Gasteiger partial charge in [0.2, 0.25) is 0 Å². The monoisotopic (exact) mass is 231 g/mol. The summed E-state index contributed by atoms with van der Waals surface area (Å²) in [5.74, 6) is -1.32. The molecule has 0 heterocycles. The zero-order valence-corrected chi connectivity index (χ0v) is 8.79. The zero-order chi connectivity index (χ0) is 12.8. The van der Waals surface area contributed by atoms with Crippen LogP contribution in [-0.4, -0.2) is 34.1 Å². The number of nitrogens with zero attached hydrogens (tertiary/aromatic N) is 3. The minimum absolute atomic E-state index is 0.103.